The lowest BCUT2D eigenvalue weighted by molar-refractivity contribution is 0.210. The topological polar surface area (TPSA) is 90.2 Å². The van der Waals surface area contributed by atoms with E-state index in [0.29, 0.717) is 5.69 Å². The monoisotopic (exact) mass is 216 g/mol. The Morgan fingerprint density at radius 1 is 1.36 bits per heavy atom. The van der Waals surface area contributed by atoms with E-state index in [2.05, 4.69) is 5.32 Å². The van der Waals surface area contributed by atoms with E-state index in [1.165, 1.54) is 0 Å². The molecular weight excluding hydrogens is 208 g/mol. The quantitative estimate of drug-likeness (QED) is 0.496. The van der Waals surface area contributed by atoms with Gasteiger partial charge in [0.1, 0.15) is 0 Å². The third kappa shape index (κ3) is 8.26. The lowest BCUT2D eigenvalue weighted by Crippen LogP contribution is -2.06. The van der Waals surface area contributed by atoms with Crippen molar-refractivity contribution in [2.45, 2.75) is 0 Å². The number of anilines is 1. The van der Waals surface area contributed by atoms with Gasteiger partial charge in [0.2, 0.25) is 6.08 Å². The molecule has 6 heteroatoms. The number of rotatable bonds is 1. The van der Waals surface area contributed by atoms with Gasteiger partial charge in [-0.05, 0) is 12.1 Å². The van der Waals surface area contributed by atoms with Crippen LogP contribution in [0.2, 0.25) is 0 Å². The zero-order valence-corrected chi connectivity index (χ0v) is 7.88. The molecule has 0 aromatic heterocycles. The number of hydrogen-bond acceptors (Lipinski definition) is 3. The van der Waals surface area contributed by atoms with Crippen LogP contribution in [0.15, 0.2) is 30.3 Å². The second kappa shape index (κ2) is 9.25. The molecule has 0 saturated carbocycles. The maximum atomic E-state index is 10.1. The van der Waals surface area contributed by atoms with Gasteiger partial charge in [0.15, 0.2) is 0 Å². The van der Waals surface area contributed by atoms with Gasteiger partial charge in [0.05, 0.1) is 0 Å². The molecular formula is C8H9ClN2O3. The van der Waals surface area contributed by atoms with E-state index in [9.17, 15) is 4.79 Å². The van der Waals surface area contributed by atoms with E-state index in [0.717, 1.165) is 6.08 Å². The van der Waals surface area contributed by atoms with E-state index >= 15 is 0 Å². The number of benzene rings is 1. The Morgan fingerprint density at radius 2 is 1.79 bits per heavy atom. The zero-order chi connectivity index (χ0) is 10.1. The van der Waals surface area contributed by atoms with Gasteiger partial charge < -0.3 is 5.11 Å². The van der Waals surface area contributed by atoms with Gasteiger partial charge in [-0.1, -0.05) is 18.2 Å². The zero-order valence-electron chi connectivity index (χ0n) is 7.06. The molecule has 3 N–H and O–H groups in total. The fourth-order valence-electron chi connectivity index (χ4n) is 0.645. The molecule has 0 heterocycles. The molecule has 0 atom stereocenters. The first-order valence-electron chi connectivity index (χ1n) is 3.29. The Morgan fingerprint density at radius 3 is 2.14 bits per heavy atom. The summed E-state index contributed by atoms with van der Waals surface area (Å²) < 4.78 is 0. The predicted molar refractivity (Wildman–Crippen MR) is 53.8 cm³/mol. The van der Waals surface area contributed by atoms with Crippen LogP contribution in [0.5, 0.6) is 0 Å². The molecule has 0 bridgehead atoms. The first-order valence-corrected chi connectivity index (χ1v) is 3.29. The first-order chi connectivity index (χ1) is 6.20. The molecule has 0 aliphatic rings. The third-order valence-corrected chi connectivity index (χ3v) is 1.03. The number of carbonyl (C=O) groups excluding carboxylic acids is 1. The van der Waals surface area contributed by atoms with Gasteiger partial charge in [-0.25, -0.2) is 15.0 Å². The third-order valence-electron chi connectivity index (χ3n) is 1.03. The highest BCUT2D eigenvalue weighted by atomic mass is 35.5. The van der Waals surface area contributed by atoms with E-state index in [4.69, 9.17) is 15.3 Å². The van der Waals surface area contributed by atoms with Gasteiger partial charge >= 0.3 is 6.09 Å². The van der Waals surface area contributed by atoms with Crippen LogP contribution in [0, 0.1) is 5.41 Å². The van der Waals surface area contributed by atoms with E-state index < -0.39 is 6.09 Å². The van der Waals surface area contributed by atoms with Crippen molar-refractivity contribution in [2.24, 2.45) is 0 Å². The summed E-state index contributed by atoms with van der Waals surface area (Å²) in [6.45, 7) is 0. The SMILES string of the molecule is Cl.N=C=O.O=C(O)Nc1ccccc1. The number of isocyanates is 1. The lowest BCUT2D eigenvalue weighted by Gasteiger charge is -1.96. The van der Waals surface area contributed by atoms with Crippen LogP contribution in [0.1, 0.15) is 0 Å². The van der Waals surface area contributed by atoms with Crippen molar-refractivity contribution in [1.82, 2.24) is 0 Å². The molecule has 5 nitrogen and oxygen atoms in total. The van der Waals surface area contributed by atoms with Crippen molar-refractivity contribution in [3.63, 3.8) is 0 Å². The highest BCUT2D eigenvalue weighted by Crippen LogP contribution is 2.03. The Labute approximate surface area is 86.7 Å². The number of para-hydroxylation sites is 1. The van der Waals surface area contributed by atoms with Crippen LogP contribution in [0.25, 0.3) is 0 Å². The summed E-state index contributed by atoms with van der Waals surface area (Å²) in [5, 5.41) is 15.9. The summed E-state index contributed by atoms with van der Waals surface area (Å²) in [5.41, 5.74) is 0.593. The van der Waals surface area contributed by atoms with Crippen molar-refractivity contribution < 1.29 is 14.7 Å². The summed E-state index contributed by atoms with van der Waals surface area (Å²) in [6, 6.07) is 8.74. The number of hydrogen-bond donors (Lipinski definition) is 3. The average Bonchev–Trinajstić information content (AvgIpc) is 2.06. The van der Waals surface area contributed by atoms with E-state index in [1.54, 1.807) is 24.3 Å². The smallest absolute Gasteiger partial charge is 0.409 e. The molecule has 1 rings (SSSR count). The van der Waals surface area contributed by atoms with Crippen LogP contribution in [-0.2, 0) is 4.79 Å². The maximum Gasteiger partial charge on any atom is 0.409 e. The number of carbonyl (C=O) groups is 1. The normalized spacial score (nSPS) is 6.86. The van der Waals surface area contributed by atoms with Crippen LogP contribution in [0.4, 0.5) is 10.5 Å². The van der Waals surface area contributed by atoms with Crippen molar-refractivity contribution in [3.8, 4) is 0 Å². The molecule has 0 saturated heterocycles. The Bertz CT molecular complexity index is 297. The first kappa shape index (κ1) is 14.7. The van der Waals surface area contributed by atoms with Gasteiger partial charge in [-0.15, -0.1) is 12.4 Å². The molecule has 76 valence electrons. The Hall–Kier alpha value is -1.84. The summed E-state index contributed by atoms with van der Waals surface area (Å²) in [6.07, 6.45) is -0.286. The predicted octanol–water partition coefficient (Wildman–Crippen LogP) is 2.10. The van der Waals surface area contributed by atoms with Crippen LogP contribution < -0.4 is 5.32 Å². The Kier molecular flexibility index (Phi) is 9.69. The number of amides is 1. The molecule has 0 spiro atoms. The second-order valence-corrected chi connectivity index (χ2v) is 1.90. The number of nitrogens with one attached hydrogen (secondary N) is 2. The minimum absolute atomic E-state index is 0. The molecule has 0 unspecified atom stereocenters. The van der Waals surface area contributed by atoms with Crippen molar-refractivity contribution >= 4 is 30.3 Å². The van der Waals surface area contributed by atoms with Crippen molar-refractivity contribution in [3.05, 3.63) is 30.3 Å². The molecule has 0 aliphatic carbocycles. The fourth-order valence-corrected chi connectivity index (χ4v) is 0.645. The average molecular weight is 217 g/mol. The highest BCUT2D eigenvalue weighted by molar-refractivity contribution is 5.85. The van der Waals surface area contributed by atoms with Gasteiger partial charge in [-0.3, -0.25) is 5.32 Å². The molecule has 0 radical (unpaired) electrons. The van der Waals surface area contributed by atoms with Crippen molar-refractivity contribution in [1.29, 1.82) is 5.41 Å². The van der Waals surface area contributed by atoms with Crippen LogP contribution >= 0.6 is 12.4 Å². The summed E-state index contributed by atoms with van der Waals surface area (Å²) in [5.74, 6) is 0. The van der Waals surface area contributed by atoms with Gasteiger partial charge in [-0.2, -0.15) is 0 Å². The van der Waals surface area contributed by atoms with Crippen LogP contribution in [-0.4, -0.2) is 17.3 Å². The molecule has 1 aromatic rings. The molecule has 14 heavy (non-hydrogen) atoms. The van der Waals surface area contributed by atoms with E-state index in [1.807, 2.05) is 6.07 Å². The number of halogens is 1. The largest absolute Gasteiger partial charge is 0.465 e. The van der Waals surface area contributed by atoms with E-state index in [-0.39, 0.29) is 12.4 Å². The standard InChI is InChI=1S/C7H7NO2.CHNO.ClH/c9-7(10)8-6-4-2-1-3-5-6;2-1-3;/h1-5,8H,(H,9,10);2H;1H. The summed E-state index contributed by atoms with van der Waals surface area (Å²) >= 11 is 0. The Balaban J connectivity index is 0. The molecule has 0 aliphatic heterocycles. The summed E-state index contributed by atoms with van der Waals surface area (Å²) in [7, 11) is 0. The molecule has 1 amide bonds. The minimum atomic E-state index is -1.04. The molecule has 0 fully saturated rings. The highest BCUT2D eigenvalue weighted by Gasteiger charge is 1.92. The van der Waals surface area contributed by atoms with Gasteiger partial charge in [0.25, 0.3) is 0 Å². The lowest BCUT2D eigenvalue weighted by atomic mass is 10.3. The minimum Gasteiger partial charge on any atom is -0.465 e. The fraction of sp³-hybridized carbons (Fsp3) is 0. The van der Waals surface area contributed by atoms with Gasteiger partial charge in [0, 0.05) is 5.69 Å². The second-order valence-electron chi connectivity index (χ2n) is 1.90. The van der Waals surface area contributed by atoms with Crippen molar-refractivity contribution in [2.75, 3.05) is 5.32 Å². The summed E-state index contributed by atoms with van der Waals surface area (Å²) in [4.78, 5) is 18.4. The maximum absolute atomic E-state index is 10.1. The van der Waals surface area contributed by atoms with Crippen LogP contribution in [0.3, 0.4) is 0 Å². The molecule has 1 aromatic carbocycles. The number of carboxylic acid groups (broad SMARTS) is 1.